The molecule has 2 aliphatic rings. The smallest absolute Gasteiger partial charge is 0.260 e. The van der Waals surface area contributed by atoms with Crippen molar-refractivity contribution in [3.05, 3.63) is 178 Å². The van der Waals surface area contributed by atoms with Gasteiger partial charge in [-0.2, -0.15) is 0 Å². The van der Waals surface area contributed by atoms with E-state index >= 15 is 0 Å². The summed E-state index contributed by atoms with van der Waals surface area (Å²) in [6.45, 7) is 31.7. The first-order valence-electron chi connectivity index (χ1n) is 25.2. The predicted octanol–water partition coefficient (Wildman–Crippen LogP) is 16.7. The van der Waals surface area contributed by atoms with Crippen LogP contribution in [0.4, 0.5) is 17.1 Å². The molecule has 0 bridgehead atoms. The lowest BCUT2D eigenvalue weighted by Gasteiger charge is -2.42. The topological polar surface area (TPSA) is 30.9 Å². The molecule has 0 fully saturated rings. The zero-order valence-corrected chi connectivity index (χ0v) is 42.9. The van der Waals surface area contributed by atoms with Crippen molar-refractivity contribution in [2.24, 2.45) is 0 Å². The van der Waals surface area contributed by atoms with Crippen molar-refractivity contribution in [3.8, 4) is 34.5 Å². The number of hydrogen-bond donors (Lipinski definition) is 0. The van der Waals surface area contributed by atoms with Gasteiger partial charge in [-0.15, -0.1) is 0 Å². The number of para-hydroxylation sites is 3. The van der Waals surface area contributed by atoms with Gasteiger partial charge in [0.05, 0.1) is 11.4 Å². The Morgan fingerprint density at radius 2 is 0.868 bits per heavy atom. The maximum Gasteiger partial charge on any atom is 0.260 e. The Bertz CT molecular complexity index is 2810. The number of anilines is 3. The Hall–Kier alpha value is -6.20. The Morgan fingerprint density at radius 1 is 0.441 bits per heavy atom. The number of nitrogens with zero attached hydrogens (tertiary/aromatic N) is 1. The average molecular weight is 900 g/mol. The molecule has 7 aromatic rings. The predicted molar refractivity (Wildman–Crippen MR) is 288 cm³/mol. The van der Waals surface area contributed by atoms with Crippen LogP contribution in [-0.2, 0) is 5.41 Å². The Morgan fingerprint density at radius 3 is 1.32 bits per heavy atom. The van der Waals surface area contributed by atoms with E-state index in [1.807, 2.05) is 0 Å². The normalized spacial score (nSPS) is 13.8. The lowest BCUT2D eigenvalue weighted by molar-refractivity contribution is 0.448. The molecule has 0 saturated heterocycles. The first-order chi connectivity index (χ1) is 32.5. The first-order valence-corrected chi connectivity index (χ1v) is 25.2. The van der Waals surface area contributed by atoms with E-state index < -0.39 is 0 Å². The van der Waals surface area contributed by atoms with Crippen LogP contribution in [0, 0.1) is 0 Å². The van der Waals surface area contributed by atoms with Gasteiger partial charge in [-0.1, -0.05) is 188 Å². The average Bonchev–Trinajstić information content (AvgIpc) is 3.30. The van der Waals surface area contributed by atoms with E-state index in [9.17, 15) is 0 Å². The van der Waals surface area contributed by atoms with Crippen LogP contribution in [0.2, 0.25) is 0 Å². The fourth-order valence-corrected chi connectivity index (χ4v) is 10.6. The van der Waals surface area contributed by atoms with Crippen LogP contribution in [0.3, 0.4) is 0 Å². The van der Waals surface area contributed by atoms with Gasteiger partial charge in [0, 0.05) is 22.6 Å². The molecule has 5 heteroatoms. The highest BCUT2D eigenvalue weighted by Crippen LogP contribution is 2.52. The van der Waals surface area contributed by atoms with E-state index in [4.69, 9.17) is 14.2 Å². The number of ether oxygens (including phenoxy) is 3. The molecule has 68 heavy (non-hydrogen) atoms. The molecule has 0 spiro atoms. The molecule has 0 amide bonds. The first kappa shape index (κ1) is 46.9. The third kappa shape index (κ3) is 8.30. The Labute approximate surface area is 407 Å². The number of hydrogen-bond acceptors (Lipinski definition) is 4. The molecule has 4 nitrogen and oxygen atoms in total. The van der Waals surface area contributed by atoms with Gasteiger partial charge in [-0.3, -0.25) is 0 Å². The van der Waals surface area contributed by atoms with Gasteiger partial charge in [-0.25, -0.2) is 0 Å². The van der Waals surface area contributed by atoms with Crippen LogP contribution < -0.4 is 35.5 Å². The summed E-state index contributed by atoms with van der Waals surface area (Å²) in [6.07, 6.45) is 0. The lowest BCUT2D eigenvalue weighted by Crippen LogP contribution is -2.55. The van der Waals surface area contributed by atoms with E-state index in [0.717, 1.165) is 56.6 Å². The van der Waals surface area contributed by atoms with E-state index in [1.165, 1.54) is 55.9 Å². The van der Waals surface area contributed by atoms with Gasteiger partial charge in [0.25, 0.3) is 6.71 Å². The highest BCUT2D eigenvalue weighted by atomic mass is 16.5. The Balaban J connectivity index is 1.30. The van der Waals surface area contributed by atoms with Gasteiger partial charge in [0.2, 0.25) is 0 Å². The van der Waals surface area contributed by atoms with E-state index in [0.29, 0.717) is 11.8 Å². The van der Waals surface area contributed by atoms with Crippen molar-refractivity contribution >= 4 is 40.2 Å². The van der Waals surface area contributed by atoms with Crippen molar-refractivity contribution in [1.29, 1.82) is 0 Å². The van der Waals surface area contributed by atoms with Crippen LogP contribution >= 0.6 is 0 Å². The fraction of sp³-hybridized carbons (Fsp3) is 0.333. The largest absolute Gasteiger partial charge is 0.458 e. The van der Waals surface area contributed by atoms with Crippen LogP contribution in [0.5, 0.6) is 34.5 Å². The highest BCUT2D eigenvalue weighted by molar-refractivity contribution is 6.98. The van der Waals surface area contributed by atoms with E-state index in [2.05, 4.69) is 235 Å². The van der Waals surface area contributed by atoms with E-state index in [-0.39, 0.29) is 35.8 Å². The zero-order chi connectivity index (χ0) is 48.3. The SMILES string of the molecule is CC(C)c1cc(C(C)C)c(Oc2cccc(Oc3c(C(C)C)cc(C(C)C)cc3C(C)C)c2B2c3ccccc3Oc3cc(N4c5ccccc5C(C)(C)c5ccccc54)ccc32)c(C(C)C)c1. The molecule has 0 N–H and O–H groups in total. The monoisotopic (exact) mass is 900 g/mol. The molecule has 9 rings (SSSR count). The third-order valence-electron chi connectivity index (χ3n) is 14.6. The summed E-state index contributed by atoms with van der Waals surface area (Å²) in [5, 5.41) is 0. The van der Waals surface area contributed by atoms with Crippen molar-refractivity contribution in [1.82, 2.24) is 0 Å². The molecule has 2 heterocycles. The molecule has 0 atom stereocenters. The second-order valence-electron chi connectivity index (χ2n) is 21.6. The summed E-state index contributed by atoms with van der Waals surface area (Å²) in [4.78, 5) is 2.41. The molecule has 0 aliphatic carbocycles. The number of benzene rings is 7. The quantitative estimate of drug-likeness (QED) is 0.114. The molecular formula is C63H70BNO3. The molecule has 2 aliphatic heterocycles. The third-order valence-corrected chi connectivity index (χ3v) is 14.6. The minimum Gasteiger partial charge on any atom is -0.458 e. The number of fused-ring (bicyclic) bond motifs is 4. The maximum absolute atomic E-state index is 7.58. The lowest BCUT2D eigenvalue weighted by atomic mass is 9.35. The fourth-order valence-electron chi connectivity index (χ4n) is 10.6. The van der Waals surface area contributed by atoms with Crippen LogP contribution in [0.25, 0.3) is 0 Å². The molecule has 0 saturated carbocycles. The summed E-state index contributed by atoms with van der Waals surface area (Å²) in [7, 11) is 0. The van der Waals surface area contributed by atoms with Crippen molar-refractivity contribution in [3.63, 3.8) is 0 Å². The minimum absolute atomic E-state index is 0.168. The zero-order valence-electron chi connectivity index (χ0n) is 42.9. The summed E-state index contributed by atoms with van der Waals surface area (Å²) >= 11 is 0. The molecule has 348 valence electrons. The molecule has 0 unspecified atom stereocenters. The summed E-state index contributed by atoms with van der Waals surface area (Å²) in [6, 6.07) is 48.8. The van der Waals surface area contributed by atoms with Gasteiger partial charge in [0.1, 0.15) is 34.5 Å². The van der Waals surface area contributed by atoms with Gasteiger partial charge in [-0.05, 0) is 127 Å². The number of rotatable bonds is 12. The van der Waals surface area contributed by atoms with Crippen molar-refractivity contribution in [2.45, 2.75) is 138 Å². The van der Waals surface area contributed by atoms with Crippen molar-refractivity contribution < 1.29 is 14.2 Å². The van der Waals surface area contributed by atoms with Gasteiger partial charge < -0.3 is 19.1 Å². The van der Waals surface area contributed by atoms with E-state index in [1.54, 1.807) is 0 Å². The molecular weight excluding hydrogens is 830 g/mol. The standard InChI is InChI=1S/C63H70BNO3/c1-37(2)43-32-46(39(5)6)61(47(33-43)40(7)8)67-57-28-21-29-58(68-62-48(41(9)10)34-44(38(3)4)35-49(62)42(11)12)60(57)64-52-24-17-20-27-56(52)66-59-36-45(30-31-53(59)64)65-54-25-18-15-22-50(54)63(13,14)51-23-16-19-26-55(51)65/h15-42H,1-14H3. The summed E-state index contributed by atoms with van der Waals surface area (Å²) < 4.78 is 22.2. The van der Waals surface area contributed by atoms with Crippen LogP contribution in [-0.4, -0.2) is 6.71 Å². The second kappa shape index (κ2) is 18.4. The summed E-state index contributed by atoms with van der Waals surface area (Å²) in [5.74, 6) is 6.79. The van der Waals surface area contributed by atoms with Crippen LogP contribution in [0.1, 0.15) is 177 Å². The van der Waals surface area contributed by atoms with Gasteiger partial charge in [0.15, 0.2) is 0 Å². The van der Waals surface area contributed by atoms with Crippen molar-refractivity contribution in [2.75, 3.05) is 4.90 Å². The van der Waals surface area contributed by atoms with Gasteiger partial charge >= 0.3 is 0 Å². The maximum atomic E-state index is 7.58. The van der Waals surface area contributed by atoms with Crippen LogP contribution in [0.15, 0.2) is 133 Å². The Kier molecular flexibility index (Phi) is 12.7. The molecule has 0 aromatic heterocycles. The highest BCUT2D eigenvalue weighted by Gasteiger charge is 2.40. The second-order valence-corrected chi connectivity index (χ2v) is 21.6. The molecule has 0 radical (unpaired) electrons. The molecule has 7 aromatic carbocycles. The summed E-state index contributed by atoms with van der Waals surface area (Å²) in [5.41, 5.74) is 16.4. The minimum atomic E-state index is -0.296.